The maximum Gasteiger partial charge on any atom is 0.451 e. The van der Waals surface area contributed by atoms with Crippen LogP contribution in [0.2, 0.25) is 5.28 Å². The molecule has 6 fully saturated rings. The normalized spacial score (nSPS) is 24.3. The van der Waals surface area contributed by atoms with Crippen LogP contribution in [0.25, 0.3) is 4.85 Å². The Kier molecular flexibility index (Phi) is 34.3. The van der Waals surface area contributed by atoms with Crippen molar-refractivity contribution in [2.75, 3.05) is 57.9 Å². The number of piperazine rings is 1. The Bertz CT molecular complexity index is 3280. The minimum atomic E-state index is -0.789. The number of hydrogen-bond acceptors (Lipinski definition) is 29. The van der Waals surface area contributed by atoms with Crippen LogP contribution in [0.1, 0.15) is 232 Å². The molecule has 614 valence electrons. The van der Waals surface area contributed by atoms with Crippen molar-refractivity contribution in [3.8, 4) is 11.8 Å². The SMILES string of the molecule is C.C.C.CC1(C)CC(CO[N+](=O)[O-])C(C)(C)N1O.CC1(C)CC(NCCN2CCN(/[N+]([O-])=N/Oc3ccnc(Cl)n3)CC2)CC(C)(C)N1O.CC1CC(C)(C)N(O)C(C)(C)C1.C[n+]1onc(ONC2CC(C)(C)N(O)C(C)(C)C2)c1NC=O.[C-]#[N+]C1=[N+]([O-])CN=C1C(C)OC(=O)C1CC(C)(C)N(O)C(C)(C)C1. The molecule has 2 unspecified atom stereocenters. The number of esters is 1. The van der Waals surface area contributed by atoms with Crippen LogP contribution in [-0.2, 0) is 26.2 Å². The summed E-state index contributed by atoms with van der Waals surface area (Å²) in [4.78, 5) is 65.6. The first-order valence-corrected chi connectivity index (χ1v) is 35.8. The minimum Gasteiger partial charge on any atom is -0.633 e. The van der Waals surface area contributed by atoms with E-state index in [1.165, 1.54) is 42.3 Å². The average molecular weight is 1550 g/mol. The molecule has 8 N–H and O–H groups in total. The highest BCUT2D eigenvalue weighted by atomic mass is 35.5. The number of piperidine rings is 4. The molecule has 0 radical (unpaired) electrons. The fraction of sp³-hybridized carbons (Fsp3) is 0.843. The van der Waals surface area contributed by atoms with Gasteiger partial charge in [-0.25, -0.2) is 15.3 Å². The molecular weight excluding hydrogens is 1410 g/mol. The second-order valence-electron chi connectivity index (χ2n) is 34.5. The highest BCUT2D eigenvalue weighted by Gasteiger charge is 2.53. The predicted molar refractivity (Wildman–Crippen MR) is 401 cm³/mol. The summed E-state index contributed by atoms with van der Waals surface area (Å²) < 4.78 is 12.2. The molecule has 2 aromatic rings. The summed E-state index contributed by atoms with van der Waals surface area (Å²) in [7, 11) is 1.60. The van der Waals surface area contributed by atoms with Gasteiger partial charge < -0.3 is 56.2 Å². The Morgan fingerprint density at radius 1 is 0.757 bits per heavy atom. The molecule has 7 aliphatic heterocycles. The van der Waals surface area contributed by atoms with E-state index in [1.807, 2.05) is 83.1 Å². The van der Waals surface area contributed by atoms with Gasteiger partial charge in [-0.3, -0.25) is 19.3 Å². The molecule has 0 spiro atoms. The van der Waals surface area contributed by atoms with E-state index >= 15 is 0 Å². The zero-order valence-corrected chi connectivity index (χ0v) is 66.2. The summed E-state index contributed by atoms with van der Waals surface area (Å²) in [6.07, 6.45) is 8.10. The van der Waals surface area contributed by atoms with Gasteiger partial charge in [0.15, 0.2) is 5.71 Å². The third kappa shape index (κ3) is 25.6. The molecule has 7 aliphatic rings. The number of rotatable bonds is 18. The highest BCUT2D eigenvalue weighted by Crippen LogP contribution is 2.45. The van der Waals surface area contributed by atoms with Crippen molar-refractivity contribution >= 4 is 41.3 Å². The number of aromatic nitrogens is 4. The fourth-order valence-corrected chi connectivity index (χ4v) is 16.4. The molecular formula is C70H132ClN20O16+. The number of hydrazine groups is 1. The Hall–Kier alpha value is -6.44. The molecule has 0 saturated carbocycles. The third-order valence-electron chi connectivity index (χ3n) is 20.5. The summed E-state index contributed by atoms with van der Waals surface area (Å²) in [6.45, 7) is 54.8. The second-order valence-corrected chi connectivity index (χ2v) is 34.8. The van der Waals surface area contributed by atoms with Crippen LogP contribution in [0.15, 0.2) is 27.2 Å². The van der Waals surface area contributed by atoms with Crippen molar-refractivity contribution in [1.82, 2.24) is 61.1 Å². The molecule has 6 saturated heterocycles. The van der Waals surface area contributed by atoms with E-state index in [0.29, 0.717) is 79.1 Å². The van der Waals surface area contributed by atoms with E-state index < -0.39 is 33.8 Å². The van der Waals surface area contributed by atoms with Crippen molar-refractivity contribution in [1.29, 1.82) is 0 Å². The molecule has 2 aromatic heterocycles. The summed E-state index contributed by atoms with van der Waals surface area (Å²) >= 11 is 5.68. The summed E-state index contributed by atoms with van der Waals surface area (Å²) in [5, 5.41) is 106. The van der Waals surface area contributed by atoms with Gasteiger partial charge in [0.25, 0.3) is 17.4 Å². The monoisotopic (exact) mass is 1540 g/mol. The van der Waals surface area contributed by atoms with Crippen LogP contribution in [0.3, 0.4) is 0 Å². The van der Waals surface area contributed by atoms with E-state index in [9.17, 15) is 56.2 Å². The van der Waals surface area contributed by atoms with Gasteiger partial charge in [0.1, 0.15) is 24.4 Å². The van der Waals surface area contributed by atoms with Crippen LogP contribution >= 0.6 is 11.6 Å². The average Bonchev–Trinajstić information content (AvgIpc) is 1.72. The zero-order chi connectivity index (χ0) is 78.9. The van der Waals surface area contributed by atoms with Gasteiger partial charge in [-0.15, -0.1) is 25.2 Å². The van der Waals surface area contributed by atoms with Gasteiger partial charge >= 0.3 is 23.5 Å². The molecule has 0 aromatic carbocycles. The Balaban J connectivity index is 0.000000466. The molecule has 107 heavy (non-hydrogen) atoms. The lowest BCUT2D eigenvalue weighted by Gasteiger charge is -2.51. The number of aliphatic imine (C=N–C) groups is 1. The summed E-state index contributed by atoms with van der Waals surface area (Å²) in [5.41, 5.74) is -0.243. The van der Waals surface area contributed by atoms with Crippen molar-refractivity contribution in [2.24, 2.45) is 35.1 Å². The second kappa shape index (κ2) is 38.0. The number of aryl methyl sites for hydroxylation is 1. The Labute approximate surface area is 639 Å². The standard InChI is InChI=1S/C19H33ClN8O3.C16H24N4O4.C13H23N5O4.C10H21NO.C9H18N2O4.3CH4/c1-18(2)13-15(14-19(3,4)27(18)29)21-7-8-25-9-11-26(12-10-25)28(30)24-31-16-5-6-22-17(20)23-16;1-10(12-13(17-6)19(22)9-18-12)24-14(21)11-7-15(2,3)20(23)16(4,5)8-11;1-12(2)6-9(7-13(3,4)18(12)20)15-21-11-10(14-8-19)17(5)22-16-11;1-8-6-9(2,3)11(12)10(4,5)7-8;1-8(2)5-7(6-15-11(13)14)9(3,4)10(8)12;;;/h5-6,15,21,29H,7-14H2,1-4H3;10-11,23H,7-9H2,1-5H3;8-9,15,20H,6-7H2,1-5H3;8,12H,6-7H2,1-5H3;7,12H,5-6H2,1-4H3;3*1H4/p+1/b28-24-;;;;;;;. The minimum absolute atomic E-state index is 0. The third-order valence-corrected chi connectivity index (χ3v) is 20.7. The first-order chi connectivity index (χ1) is 47.7. The largest absolute Gasteiger partial charge is 0.633 e. The number of halogens is 1. The number of amidine groups is 1. The molecule has 9 rings (SSSR count). The molecule has 9 heterocycles. The van der Waals surface area contributed by atoms with Gasteiger partial charge in [0, 0.05) is 112 Å². The van der Waals surface area contributed by atoms with E-state index in [4.69, 9.17) is 37.2 Å². The predicted octanol–water partition coefficient (Wildman–Crippen LogP) is 10.1. The van der Waals surface area contributed by atoms with Gasteiger partial charge in [-0.05, 0) is 221 Å². The lowest BCUT2D eigenvalue weighted by molar-refractivity contribution is -0.842. The number of anilines is 1. The molecule has 1 amide bonds. The Morgan fingerprint density at radius 3 is 1.67 bits per heavy atom. The number of ether oxygens (including phenoxy) is 1. The highest BCUT2D eigenvalue weighted by molar-refractivity contribution is 6.45. The van der Waals surface area contributed by atoms with E-state index in [0.717, 1.165) is 51.9 Å². The first-order valence-electron chi connectivity index (χ1n) is 35.4. The van der Waals surface area contributed by atoms with Gasteiger partial charge in [0.2, 0.25) is 17.2 Å². The summed E-state index contributed by atoms with van der Waals surface area (Å²) in [6, 6.07) is 1.85. The first kappa shape index (κ1) is 96.6. The number of nitrogens with zero attached hydrogens (tertiary/aromatic N) is 17. The topological polar surface area (TPSA) is 411 Å². The van der Waals surface area contributed by atoms with Crippen LogP contribution in [0, 0.1) is 44.9 Å². The molecule has 37 heteroatoms. The molecule has 0 aliphatic carbocycles. The van der Waals surface area contributed by atoms with Crippen molar-refractivity contribution in [3.63, 3.8) is 0 Å². The van der Waals surface area contributed by atoms with Gasteiger partial charge in [-0.1, -0.05) is 33.9 Å². The number of carbonyl (C=O) groups is 2. The lowest BCUT2D eigenvalue weighted by atomic mass is 9.75. The molecule has 2 atom stereocenters. The smallest absolute Gasteiger partial charge is 0.451 e. The number of nitrogens with one attached hydrogen (secondary N) is 3. The maximum absolute atomic E-state index is 12.6. The van der Waals surface area contributed by atoms with Crippen molar-refractivity contribution in [2.45, 2.75) is 306 Å². The summed E-state index contributed by atoms with van der Waals surface area (Å²) in [5.74, 6) is 0.347. The van der Waals surface area contributed by atoms with E-state index in [2.05, 4.69) is 118 Å². The maximum atomic E-state index is 12.6. The van der Waals surface area contributed by atoms with Crippen LogP contribution in [0.5, 0.6) is 11.8 Å². The van der Waals surface area contributed by atoms with E-state index in [1.54, 1.807) is 19.0 Å². The molecule has 0 bridgehead atoms. The number of hydrogen-bond donors (Lipinski definition) is 8. The fourth-order valence-electron chi connectivity index (χ4n) is 16.2. The number of amides is 1. The molecule has 36 nitrogen and oxygen atoms in total. The van der Waals surface area contributed by atoms with Crippen molar-refractivity contribution in [3.05, 3.63) is 49.5 Å². The van der Waals surface area contributed by atoms with Crippen LogP contribution in [0.4, 0.5) is 5.82 Å². The van der Waals surface area contributed by atoms with Crippen molar-refractivity contribution < 1.29 is 79.0 Å². The van der Waals surface area contributed by atoms with Gasteiger partial charge in [-0.2, -0.15) is 39.9 Å². The van der Waals surface area contributed by atoms with Crippen LogP contribution < -0.4 is 30.5 Å². The van der Waals surface area contributed by atoms with Crippen LogP contribution in [-0.4, -0.2) is 241 Å². The Morgan fingerprint density at radius 2 is 1.22 bits per heavy atom. The number of hydroxylamine groups is 12. The van der Waals surface area contributed by atoms with Gasteiger partial charge in [0.05, 0.1) is 31.0 Å². The lowest BCUT2D eigenvalue weighted by Crippen LogP contribution is -2.62. The number of carbonyl (C=O) groups excluding carboxylic acids is 2. The quantitative estimate of drug-likeness (QED) is 0.00791. The van der Waals surface area contributed by atoms with E-state index in [-0.39, 0.29) is 121 Å². The zero-order valence-electron chi connectivity index (χ0n) is 65.4.